The number of benzene rings is 1. The van der Waals surface area contributed by atoms with E-state index in [0.29, 0.717) is 0 Å². The van der Waals surface area contributed by atoms with Crippen molar-refractivity contribution in [2.45, 2.75) is 0 Å². The summed E-state index contributed by atoms with van der Waals surface area (Å²) in [5.74, 6) is -0.737. The number of halogens is 1. The normalized spacial score (nSPS) is 10.6. The van der Waals surface area contributed by atoms with E-state index >= 15 is 0 Å². The second-order valence-corrected chi connectivity index (χ2v) is 3.37. The molecule has 0 radical (unpaired) electrons. The van der Waals surface area contributed by atoms with E-state index in [4.69, 9.17) is 11.6 Å². The number of aromatic hydroxyl groups is 1. The van der Waals surface area contributed by atoms with Crippen molar-refractivity contribution in [3.05, 3.63) is 43.8 Å². The van der Waals surface area contributed by atoms with Gasteiger partial charge in [0.15, 0.2) is 5.58 Å². The molecular formula is C9H4ClNO5. The van der Waals surface area contributed by atoms with Gasteiger partial charge in [-0.1, -0.05) is 17.7 Å². The second kappa shape index (κ2) is 3.49. The third kappa shape index (κ3) is 1.40. The van der Waals surface area contributed by atoms with E-state index in [1.165, 1.54) is 18.2 Å². The molecule has 6 nitrogen and oxygen atoms in total. The maximum atomic E-state index is 11.2. The Labute approximate surface area is 92.8 Å². The number of hydrogen-bond acceptors (Lipinski definition) is 5. The SMILES string of the molecule is O=c1oc2c(Cl)cccc2c(O)c1[N+](=O)[O-]. The van der Waals surface area contributed by atoms with E-state index in [9.17, 15) is 20.0 Å². The molecular weight excluding hydrogens is 238 g/mol. The highest BCUT2D eigenvalue weighted by molar-refractivity contribution is 6.35. The van der Waals surface area contributed by atoms with Crippen molar-refractivity contribution >= 4 is 28.3 Å². The summed E-state index contributed by atoms with van der Waals surface area (Å²) in [7, 11) is 0. The van der Waals surface area contributed by atoms with Crippen LogP contribution in [-0.2, 0) is 0 Å². The Morgan fingerprint density at radius 3 is 2.75 bits per heavy atom. The fourth-order valence-electron chi connectivity index (χ4n) is 1.33. The monoisotopic (exact) mass is 241 g/mol. The summed E-state index contributed by atoms with van der Waals surface area (Å²) in [5, 5.41) is 20.2. The Morgan fingerprint density at radius 1 is 1.44 bits per heavy atom. The van der Waals surface area contributed by atoms with Crippen LogP contribution in [-0.4, -0.2) is 10.0 Å². The molecule has 0 unspecified atom stereocenters. The van der Waals surface area contributed by atoms with Crippen molar-refractivity contribution in [1.82, 2.24) is 0 Å². The fraction of sp³-hybridized carbons (Fsp3) is 0. The third-order valence-electron chi connectivity index (χ3n) is 2.02. The molecule has 0 amide bonds. The van der Waals surface area contributed by atoms with E-state index in [2.05, 4.69) is 4.42 Å². The Hall–Kier alpha value is -2.08. The van der Waals surface area contributed by atoms with E-state index in [-0.39, 0.29) is 16.0 Å². The maximum Gasteiger partial charge on any atom is 0.419 e. The van der Waals surface area contributed by atoms with E-state index in [0.717, 1.165) is 0 Å². The molecule has 0 fully saturated rings. The Bertz CT molecular complexity index is 648. The Balaban J connectivity index is 3.01. The molecule has 7 heteroatoms. The van der Waals surface area contributed by atoms with Crippen molar-refractivity contribution in [2.24, 2.45) is 0 Å². The van der Waals surface area contributed by atoms with Crippen LogP contribution in [0.5, 0.6) is 5.75 Å². The fourth-order valence-corrected chi connectivity index (χ4v) is 1.54. The molecule has 0 aliphatic rings. The molecule has 1 N–H and O–H groups in total. The van der Waals surface area contributed by atoms with Gasteiger partial charge in [-0.05, 0) is 12.1 Å². The first-order chi connectivity index (χ1) is 7.52. The van der Waals surface area contributed by atoms with Crippen LogP contribution in [0.3, 0.4) is 0 Å². The minimum Gasteiger partial charge on any atom is -0.501 e. The van der Waals surface area contributed by atoms with Gasteiger partial charge >= 0.3 is 11.3 Å². The van der Waals surface area contributed by atoms with E-state index in [1.807, 2.05) is 0 Å². The largest absolute Gasteiger partial charge is 0.501 e. The highest BCUT2D eigenvalue weighted by Gasteiger charge is 2.24. The van der Waals surface area contributed by atoms with Gasteiger partial charge in [-0.2, -0.15) is 0 Å². The van der Waals surface area contributed by atoms with Crippen molar-refractivity contribution < 1.29 is 14.4 Å². The summed E-state index contributed by atoms with van der Waals surface area (Å²) >= 11 is 5.72. The van der Waals surface area contributed by atoms with Crippen LogP contribution >= 0.6 is 11.6 Å². The van der Waals surface area contributed by atoms with Gasteiger partial charge in [0.2, 0.25) is 5.75 Å². The first-order valence-corrected chi connectivity index (χ1v) is 4.49. The van der Waals surface area contributed by atoms with Crippen LogP contribution in [0.2, 0.25) is 5.02 Å². The van der Waals surface area contributed by atoms with Crippen molar-refractivity contribution in [3.63, 3.8) is 0 Å². The lowest BCUT2D eigenvalue weighted by atomic mass is 10.2. The number of nitrogens with zero attached hydrogens (tertiary/aromatic N) is 1. The van der Waals surface area contributed by atoms with Crippen molar-refractivity contribution in [2.75, 3.05) is 0 Å². The summed E-state index contributed by atoms with van der Waals surface area (Å²) in [6.45, 7) is 0. The molecule has 2 rings (SSSR count). The smallest absolute Gasteiger partial charge is 0.419 e. The summed E-state index contributed by atoms with van der Waals surface area (Å²) < 4.78 is 4.68. The summed E-state index contributed by atoms with van der Waals surface area (Å²) in [6, 6.07) is 4.29. The van der Waals surface area contributed by atoms with Crippen molar-refractivity contribution in [3.8, 4) is 5.75 Å². The van der Waals surface area contributed by atoms with Crippen LogP contribution in [0.25, 0.3) is 11.0 Å². The van der Waals surface area contributed by atoms with Crippen LogP contribution in [0.1, 0.15) is 0 Å². The molecule has 0 saturated heterocycles. The van der Waals surface area contributed by atoms with Gasteiger partial charge in [-0.15, -0.1) is 0 Å². The van der Waals surface area contributed by atoms with E-state index < -0.39 is 22.0 Å². The van der Waals surface area contributed by atoms with Gasteiger partial charge in [0, 0.05) is 0 Å². The zero-order valence-corrected chi connectivity index (χ0v) is 8.39. The van der Waals surface area contributed by atoms with E-state index in [1.54, 1.807) is 0 Å². The zero-order valence-electron chi connectivity index (χ0n) is 7.64. The van der Waals surface area contributed by atoms with Gasteiger partial charge < -0.3 is 9.52 Å². The Morgan fingerprint density at radius 2 is 2.12 bits per heavy atom. The molecule has 0 aliphatic heterocycles. The number of fused-ring (bicyclic) bond motifs is 1. The number of hydrogen-bond donors (Lipinski definition) is 1. The van der Waals surface area contributed by atoms with Crippen LogP contribution in [0.15, 0.2) is 27.4 Å². The molecule has 1 aromatic carbocycles. The van der Waals surface area contributed by atoms with Crippen LogP contribution in [0.4, 0.5) is 5.69 Å². The highest BCUT2D eigenvalue weighted by Crippen LogP contribution is 2.33. The first-order valence-electron chi connectivity index (χ1n) is 4.11. The first kappa shape index (κ1) is 10.4. The van der Waals surface area contributed by atoms with Gasteiger partial charge in [0.1, 0.15) is 0 Å². The summed E-state index contributed by atoms with van der Waals surface area (Å²) in [5.41, 5.74) is -2.30. The molecule has 1 aromatic heterocycles. The third-order valence-corrected chi connectivity index (χ3v) is 2.31. The molecule has 0 atom stereocenters. The minimum absolute atomic E-state index is 0.0267. The molecule has 82 valence electrons. The van der Waals surface area contributed by atoms with Gasteiger partial charge in [-0.3, -0.25) is 10.1 Å². The molecule has 1 heterocycles. The Kier molecular flexibility index (Phi) is 2.28. The average molecular weight is 242 g/mol. The van der Waals surface area contributed by atoms with Crippen molar-refractivity contribution in [1.29, 1.82) is 0 Å². The van der Waals surface area contributed by atoms with Gasteiger partial charge in [0.05, 0.1) is 15.3 Å². The lowest BCUT2D eigenvalue weighted by Gasteiger charge is -2.01. The van der Waals surface area contributed by atoms with Gasteiger partial charge in [0.25, 0.3) is 0 Å². The summed E-state index contributed by atoms with van der Waals surface area (Å²) in [4.78, 5) is 20.7. The number of nitro groups is 1. The average Bonchev–Trinajstić information content (AvgIpc) is 2.19. The molecule has 0 spiro atoms. The number of para-hydroxylation sites is 1. The lowest BCUT2D eigenvalue weighted by Crippen LogP contribution is -2.06. The quantitative estimate of drug-likeness (QED) is 0.468. The molecule has 0 bridgehead atoms. The van der Waals surface area contributed by atoms with Crippen LogP contribution < -0.4 is 5.63 Å². The topological polar surface area (TPSA) is 93.6 Å². The minimum atomic E-state index is -1.23. The number of rotatable bonds is 1. The lowest BCUT2D eigenvalue weighted by molar-refractivity contribution is -0.388. The molecule has 2 aromatic rings. The predicted octanol–water partition coefficient (Wildman–Crippen LogP) is 2.06. The second-order valence-electron chi connectivity index (χ2n) is 2.96. The summed E-state index contributed by atoms with van der Waals surface area (Å²) in [6.07, 6.45) is 0. The van der Waals surface area contributed by atoms with Gasteiger partial charge in [-0.25, -0.2) is 4.79 Å². The highest BCUT2D eigenvalue weighted by atomic mass is 35.5. The molecule has 0 aliphatic carbocycles. The molecule has 0 saturated carbocycles. The maximum absolute atomic E-state index is 11.2. The zero-order chi connectivity index (χ0) is 11.9. The predicted molar refractivity (Wildman–Crippen MR) is 55.8 cm³/mol. The molecule has 16 heavy (non-hydrogen) atoms. The van der Waals surface area contributed by atoms with Crippen LogP contribution in [0, 0.1) is 10.1 Å². The standard InChI is InChI=1S/C9H4ClNO5/c10-5-3-1-2-4-7(12)6(11(14)15)9(13)16-8(4)5/h1-3,12H.